The number of aliphatic hydroxyl groups excluding tert-OH is 4. The van der Waals surface area contributed by atoms with Crippen LogP contribution < -0.4 is 5.32 Å². The molecule has 0 aliphatic heterocycles. The van der Waals surface area contributed by atoms with Crippen LogP contribution in [0.5, 0.6) is 0 Å². The summed E-state index contributed by atoms with van der Waals surface area (Å²) in [6.45, 7) is 4.06. The van der Waals surface area contributed by atoms with Crippen LogP contribution in [0.4, 0.5) is 0 Å². The molecule has 0 fully saturated rings. The van der Waals surface area contributed by atoms with Crippen molar-refractivity contribution in [2.45, 2.75) is 340 Å². The lowest BCUT2D eigenvalue weighted by atomic mass is 10.00. The molecule has 0 aliphatic carbocycles. The average Bonchev–Trinajstić information content (AvgIpc) is 3.35. The van der Waals surface area contributed by atoms with Gasteiger partial charge >= 0.3 is 0 Å². The summed E-state index contributed by atoms with van der Waals surface area (Å²) in [5, 5.41) is 44.0. The van der Waals surface area contributed by atoms with E-state index in [4.69, 9.17) is 0 Å². The van der Waals surface area contributed by atoms with Crippen LogP contribution in [0.25, 0.3) is 0 Å². The highest BCUT2D eigenvalue weighted by Crippen LogP contribution is 2.17. The van der Waals surface area contributed by atoms with Crippen LogP contribution in [0, 0.1) is 0 Å². The molecule has 406 valence electrons. The maximum Gasteiger partial charge on any atom is 0.249 e. The Hall–Kier alpha value is -1.73. The molecule has 69 heavy (non-hydrogen) atoms. The fourth-order valence-electron chi connectivity index (χ4n) is 9.43. The Morgan fingerprint density at radius 2 is 0.609 bits per heavy atom. The molecular weight excluding hydrogens is 851 g/mol. The zero-order valence-corrected chi connectivity index (χ0v) is 46.1. The Kier molecular flexibility index (Phi) is 55.7. The SMILES string of the molecule is CCCCCCCCCC/C=C/CC/C=C/CC/C=C/CCCC(O)C(O)C(CO)NC(=O)C(O)CCCCCCCCCCCCCCCCCC/C=C\CCCCCCCCCCCCCC. The van der Waals surface area contributed by atoms with Gasteiger partial charge < -0.3 is 25.7 Å². The van der Waals surface area contributed by atoms with Crippen LogP contribution in [0.15, 0.2) is 48.6 Å². The third-order valence-electron chi connectivity index (χ3n) is 14.2. The third kappa shape index (κ3) is 51.0. The van der Waals surface area contributed by atoms with Crippen molar-refractivity contribution >= 4 is 5.91 Å². The molecule has 1 amide bonds. The van der Waals surface area contributed by atoms with Crippen molar-refractivity contribution in [3.05, 3.63) is 48.6 Å². The number of amides is 1. The second kappa shape index (κ2) is 57.2. The Morgan fingerprint density at radius 3 is 0.913 bits per heavy atom. The maximum atomic E-state index is 12.6. The van der Waals surface area contributed by atoms with E-state index in [0.29, 0.717) is 19.3 Å². The van der Waals surface area contributed by atoms with Crippen LogP contribution in [0.3, 0.4) is 0 Å². The molecule has 6 nitrogen and oxygen atoms in total. The van der Waals surface area contributed by atoms with Gasteiger partial charge in [-0.15, -0.1) is 0 Å². The van der Waals surface area contributed by atoms with Gasteiger partial charge in [0, 0.05) is 0 Å². The van der Waals surface area contributed by atoms with Gasteiger partial charge in [0.1, 0.15) is 12.2 Å². The van der Waals surface area contributed by atoms with Gasteiger partial charge in [-0.1, -0.05) is 274 Å². The minimum absolute atomic E-state index is 0.360. The molecule has 0 heterocycles. The number of carbonyl (C=O) groups excluding carboxylic acids is 1. The molecule has 0 saturated heterocycles. The maximum absolute atomic E-state index is 12.6. The van der Waals surface area contributed by atoms with Gasteiger partial charge in [-0.05, 0) is 89.9 Å². The van der Waals surface area contributed by atoms with Crippen LogP contribution in [0.2, 0.25) is 0 Å². The molecule has 0 saturated carbocycles. The number of hydrogen-bond donors (Lipinski definition) is 5. The van der Waals surface area contributed by atoms with Crippen molar-refractivity contribution in [1.29, 1.82) is 0 Å². The number of allylic oxidation sites excluding steroid dienone is 8. The lowest BCUT2D eigenvalue weighted by Crippen LogP contribution is -2.53. The molecule has 0 radical (unpaired) electrons. The Labute approximate surface area is 429 Å². The van der Waals surface area contributed by atoms with Gasteiger partial charge in [0.2, 0.25) is 5.91 Å². The summed E-state index contributed by atoms with van der Waals surface area (Å²) in [7, 11) is 0. The second-order valence-corrected chi connectivity index (χ2v) is 21.0. The van der Waals surface area contributed by atoms with Gasteiger partial charge in [0.25, 0.3) is 0 Å². The molecule has 0 bridgehead atoms. The first-order valence-corrected chi connectivity index (χ1v) is 30.5. The highest BCUT2D eigenvalue weighted by Gasteiger charge is 2.28. The molecule has 6 heteroatoms. The lowest BCUT2D eigenvalue weighted by molar-refractivity contribution is -0.132. The largest absolute Gasteiger partial charge is 0.394 e. The fourth-order valence-corrected chi connectivity index (χ4v) is 9.43. The fraction of sp³-hybridized carbons (Fsp3) is 0.857. The van der Waals surface area contributed by atoms with Crippen molar-refractivity contribution in [3.63, 3.8) is 0 Å². The van der Waals surface area contributed by atoms with E-state index in [1.165, 1.54) is 231 Å². The number of unbranched alkanes of at least 4 members (excludes halogenated alkanes) is 39. The predicted octanol–water partition coefficient (Wildman–Crippen LogP) is 18.1. The van der Waals surface area contributed by atoms with E-state index in [9.17, 15) is 25.2 Å². The zero-order valence-electron chi connectivity index (χ0n) is 46.1. The van der Waals surface area contributed by atoms with E-state index in [2.05, 4.69) is 67.8 Å². The first-order valence-electron chi connectivity index (χ1n) is 30.5. The van der Waals surface area contributed by atoms with Gasteiger partial charge in [-0.25, -0.2) is 0 Å². The Bertz CT molecular complexity index is 1130. The summed E-state index contributed by atoms with van der Waals surface area (Å²) in [5.74, 6) is -0.596. The molecule has 0 aromatic rings. The van der Waals surface area contributed by atoms with Crippen molar-refractivity contribution in [2.75, 3.05) is 6.61 Å². The number of aliphatic hydroxyl groups is 4. The highest BCUT2D eigenvalue weighted by molar-refractivity contribution is 5.80. The summed E-state index contributed by atoms with van der Waals surface area (Å²) in [6, 6.07) is -1.01. The normalized spacial score (nSPS) is 14.0. The predicted molar refractivity (Wildman–Crippen MR) is 302 cm³/mol. The number of carbonyl (C=O) groups is 1. The summed E-state index contributed by atoms with van der Waals surface area (Å²) in [6.07, 6.45) is 73.4. The van der Waals surface area contributed by atoms with E-state index >= 15 is 0 Å². The Balaban J connectivity index is 3.63. The molecule has 5 N–H and O–H groups in total. The summed E-state index contributed by atoms with van der Waals surface area (Å²) >= 11 is 0. The first-order chi connectivity index (χ1) is 34.0. The third-order valence-corrected chi connectivity index (χ3v) is 14.2. The molecule has 0 aliphatic rings. The number of rotatable bonds is 56. The van der Waals surface area contributed by atoms with Crippen molar-refractivity contribution in [1.82, 2.24) is 5.32 Å². The molecule has 0 aromatic carbocycles. The molecule has 0 aromatic heterocycles. The van der Waals surface area contributed by atoms with Gasteiger partial charge in [0.05, 0.1) is 18.8 Å². The van der Waals surface area contributed by atoms with E-state index in [-0.39, 0.29) is 0 Å². The molecule has 0 spiro atoms. The number of nitrogens with one attached hydrogen (secondary N) is 1. The second-order valence-electron chi connectivity index (χ2n) is 21.0. The van der Waals surface area contributed by atoms with E-state index in [0.717, 1.165) is 51.4 Å². The quantitative estimate of drug-likeness (QED) is 0.0308. The van der Waals surface area contributed by atoms with Crippen molar-refractivity contribution in [3.8, 4) is 0 Å². The summed E-state index contributed by atoms with van der Waals surface area (Å²) < 4.78 is 0. The average molecular weight is 971 g/mol. The van der Waals surface area contributed by atoms with Gasteiger partial charge in [-0.3, -0.25) is 4.79 Å². The zero-order chi connectivity index (χ0) is 50.2. The molecule has 4 atom stereocenters. The Morgan fingerprint density at radius 1 is 0.348 bits per heavy atom. The highest BCUT2D eigenvalue weighted by atomic mass is 16.3. The van der Waals surface area contributed by atoms with Crippen LogP contribution in [-0.4, -0.2) is 57.3 Å². The summed E-state index contributed by atoms with van der Waals surface area (Å²) in [5.41, 5.74) is 0. The van der Waals surface area contributed by atoms with E-state index in [1.54, 1.807) is 0 Å². The van der Waals surface area contributed by atoms with Gasteiger partial charge in [-0.2, -0.15) is 0 Å². The summed E-state index contributed by atoms with van der Waals surface area (Å²) in [4.78, 5) is 12.6. The first kappa shape index (κ1) is 67.3. The monoisotopic (exact) mass is 970 g/mol. The van der Waals surface area contributed by atoms with Crippen LogP contribution in [-0.2, 0) is 4.79 Å². The standard InChI is InChI=1S/C63H119NO5/c1-3-5-7-9-11-13-15-17-19-21-23-25-26-27-28-29-30-31-32-33-34-35-37-39-41-43-45-47-49-51-53-55-57-61(67)63(69)64-59(58-65)62(68)60(66)56-54-52-50-48-46-44-42-40-38-36-24-22-20-18-16-14-12-10-8-6-4-2/h22,24,27-28,40,42,48,50,59-62,65-68H,3-21,23,25-26,29-39,41,43-47,49,51-58H2,1-2H3,(H,64,69)/b24-22+,28-27-,42-40+,50-48+. The van der Waals surface area contributed by atoms with Crippen molar-refractivity contribution < 1.29 is 25.2 Å². The number of hydrogen-bond acceptors (Lipinski definition) is 5. The van der Waals surface area contributed by atoms with Crippen LogP contribution >= 0.6 is 0 Å². The lowest BCUT2D eigenvalue weighted by Gasteiger charge is -2.27. The van der Waals surface area contributed by atoms with Crippen LogP contribution in [0.1, 0.15) is 316 Å². The van der Waals surface area contributed by atoms with E-state index in [1.807, 2.05) is 0 Å². The molecule has 4 unspecified atom stereocenters. The minimum atomic E-state index is -1.29. The van der Waals surface area contributed by atoms with Crippen molar-refractivity contribution in [2.24, 2.45) is 0 Å². The topological polar surface area (TPSA) is 110 Å². The van der Waals surface area contributed by atoms with Gasteiger partial charge in [0.15, 0.2) is 0 Å². The minimum Gasteiger partial charge on any atom is -0.394 e. The van der Waals surface area contributed by atoms with E-state index < -0.39 is 36.9 Å². The molecule has 0 rings (SSSR count). The smallest absolute Gasteiger partial charge is 0.249 e. The molecular formula is C63H119NO5.